The molecule has 16 heteroatoms. The van der Waals surface area contributed by atoms with E-state index in [4.69, 9.17) is 19.6 Å². The van der Waals surface area contributed by atoms with Gasteiger partial charge in [0.2, 0.25) is 0 Å². The van der Waals surface area contributed by atoms with Gasteiger partial charge in [-0.1, -0.05) is 0 Å². The summed E-state index contributed by atoms with van der Waals surface area (Å²) < 4.78 is 24.7. The van der Waals surface area contributed by atoms with Crippen LogP contribution in [0.1, 0.15) is 62.3 Å². The number of hydrogen-bond acceptors (Lipinski definition) is 10. The lowest BCUT2D eigenvalue weighted by Gasteiger charge is -2.28. The number of aromatic nitrogens is 7. The van der Waals surface area contributed by atoms with E-state index in [2.05, 4.69) is 29.9 Å². The molecule has 4 aromatic rings. The molecule has 1 aliphatic carbocycles. The first-order valence-corrected chi connectivity index (χ1v) is 15.1. The third-order valence-corrected chi connectivity index (χ3v) is 7.90. The van der Waals surface area contributed by atoms with Crippen LogP contribution < -0.4 is 5.32 Å². The van der Waals surface area contributed by atoms with Gasteiger partial charge in [0.05, 0.1) is 24.0 Å². The summed E-state index contributed by atoms with van der Waals surface area (Å²) in [5, 5.41) is 13.9. The van der Waals surface area contributed by atoms with E-state index in [0.29, 0.717) is 34.4 Å². The Morgan fingerprint density at radius 2 is 1.98 bits per heavy atom. The van der Waals surface area contributed by atoms with E-state index in [9.17, 15) is 9.36 Å². The number of carbonyl (C=O) groups excluding carboxylic acids is 1. The van der Waals surface area contributed by atoms with Crippen molar-refractivity contribution in [2.45, 2.75) is 57.9 Å². The average molecular weight is 589 g/mol. The Morgan fingerprint density at radius 1 is 1.23 bits per heavy atom. The summed E-state index contributed by atoms with van der Waals surface area (Å²) in [5.74, 6) is -0.0255. The molecule has 1 atom stereocenters. The minimum Gasteiger partial charge on any atom is -0.379 e. The molecule has 0 aliphatic heterocycles. The second-order valence-electron chi connectivity index (χ2n) is 9.23. The molecule has 40 heavy (non-hydrogen) atoms. The summed E-state index contributed by atoms with van der Waals surface area (Å²) in [6.07, 6.45) is 11.1. The van der Waals surface area contributed by atoms with Gasteiger partial charge in [-0.2, -0.15) is 10.2 Å². The summed E-state index contributed by atoms with van der Waals surface area (Å²) in [6, 6.07) is 1.88. The van der Waals surface area contributed by atoms with Crippen LogP contribution in [0, 0.1) is 0 Å². The highest BCUT2D eigenvalue weighted by molar-refractivity contribution is 7.46. The monoisotopic (exact) mass is 588 g/mol. The highest BCUT2D eigenvalue weighted by Crippen LogP contribution is 2.40. The van der Waals surface area contributed by atoms with Gasteiger partial charge in [0, 0.05) is 42.3 Å². The van der Waals surface area contributed by atoms with Gasteiger partial charge < -0.3 is 19.8 Å². The molecule has 0 saturated heterocycles. The van der Waals surface area contributed by atoms with Crippen LogP contribution in [0.4, 0.5) is 5.69 Å². The van der Waals surface area contributed by atoms with Crippen LogP contribution in [0.2, 0.25) is 0 Å². The standard InChI is InChI=1S/C24H29N8O6PS/c1-3-37-18-7-5-17(6-8-18)32-13-19(21(30-32)22-25-9-4-10-26-22)28-23(33)20-14-40-24(29-20)16-11-27-31(12-16)15(2)38-39(34,35)36/h4,9-15,17-18H,3,5-8H2,1-2H3,(H,28,33)(H2,34,35,36)/t15?,17-,18-. The fourth-order valence-corrected chi connectivity index (χ4v) is 5.83. The van der Waals surface area contributed by atoms with Crippen LogP contribution in [0.3, 0.4) is 0 Å². The molecule has 0 spiro atoms. The summed E-state index contributed by atoms with van der Waals surface area (Å²) >= 11 is 1.24. The predicted octanol–water partition coefficient (Wildman–Crippen LogP) is 4.06. The maximum atomic E-state index is 13.2. The normalized spacial score (nSPS) is 18.5. The molecular formula is C24H29N8O6PS. The molecule has 1 amide bonds. The van der Waals surface area contributed by atoms with Crippen molar-refractivity contribution in [2.75, 3.05) is 11.9 Å². The van der Waals surface area contributed by atoms with Crippen LogP contribution in [0.5, 0.6) is 0 Å². The van der Waals surface area contributed by atoms with E-state index < -0.39 is 20.0 Å². The Kier molecular flexibility index (Phi) is 8.49. The van der Waals surface area contributed by atoms with Gasteiger partial charge in [0.15, 0.2) is 17.7 Å². The second kappa shape index (κ2) is 12.0. The molecule has 4 aromatic heterocycles. The Balaban J connectivity index is 1.33. The van der Waals surface area contributed by atoms with Crippen LogP contribution in [0.25, 0.3) is 22.1 Å². The third-order valence-electron chi connectivity index (χ3n) is 6.43. The smallest absolute Gasteiger partial charge is 0.379 e. The van der Waals surface area contributed by atoms with Gasteiger partial charge >= 0.3 is 7.82 Å². The summed E-state index contributed by atoms with van der Waals surface area (Å²) in [5.41, 5.74) is 1.71. The van der Waals surface area contributed by atoms with Gasteiger partial charge in [-0.3, -0.25) is 14.0 Å². The van der Waals surface area contributed by atoms with E-state index in [0.717, 1.165) is 25.7 Å². The number of phosphoric acid groups is 1. The van der Waals surface area contributed by atoms with Crippen molar-refractivity contribution in [1.82, 2.24) is 34.5 Å². The number of rotatable bonds is 10. The largest absolute Gasteiger partial charge is 0.471 e. The van der Waals surface area contributed by atoms with Crippen LogP contribution >= 0.6 is 19.2 Å². The van der Waals surface area contributed by atoms with E-state index in [1.807, 2.05) is 17.8 Å². The minimum absolute atomic E-state index is 0.171. The molecule has 14 nitrogen and oxygen atoms in total. The molecule has 0 radical (unpaired) electrons. The van der Waals surface area contributed by atoms with Crippen molar-refractivity contribution in [3.63, 3.8) is 0 Å². The maximum Gasteiger partial charge on any atom is 0.471 e. The number of thiazole rings is 1. The SMILES string of the molecule is CCO[C@H]1CC[C@H](n2cc(NC(=O)c3csc(-c4cnn(C(C)OP(=O)(O)O)c4)n3)c(-c3ncccn3)n2)CC1. The number of nitrogens with one attached hydrogen (secondary N) is 1. The number of carbonyl (C=O) groups is 1. The van der Waals surface area contributed by atoms with Crippen LogP contribution in [-0.4, -0.2) is 62.9 Å². The Labute approximate surface area is 233 Å². The zero-order chi connectivity index (χ0) is 28.3. The van der Waals surface area contributed by atoms with Gasteiger partial charge in [0.25, 0.3) is 5.91 Å². The van der Waals surface area contributed by atoms with Crippen LogP contribution in [-0.2, 0) is 13.8 Å². The quantitative estimate of drug-likeness (QED) is 0.227. The van der Waals surface area contributed by atoms with Gasteiger partial charge in [0.1, 0.15) is 10.7 Å². The van der Waals surface area contributed by atoms with E-state index in [1.54, 1.807) is 23.8 Å². The fraction of sp³-hybridized carbons (Fsp3) is 0.417. The van der Waals surface area contributed by atoms with Crippen molar-refractivity contribution in [1.29, 1.82) is 0 Å². The molecule has 5 rings (SSSR count). The minimum atomic E-state index is -4.68. The lowest BCUT2D eigenvalue weighted by molar-refractivity contribution is 0.0260. The molecule has 1 unspecified atom stereocenters. The summed E-state index contributed by atoms with van der Waals surface area (Å²) in [7, 11) is -4.68. The number of hydrogen-bond donors (Lipinski definition) is 3. The topological polar surface area (TPSA) is 179 Å². The predicted molar refractivity (Wildman–Crippen MR) is 145 cm³/mol. The van der Waals surface area contributed by atoms with Gasteiger partial charge in [-0.15, -0.1) is 11.3 Å². The van der Waals surface area contributed by atoms with Crippen LogP contribution in [0.15, 0.2) is 42.4 Å². The lowest BCUT2D eigenvalue weighted by Crippen LogP contribution is -2.24. The number of nitrogens with zero attached hydrogens (tertiary/aromatic N) is 7. The third kappa shape index (κ3) is 6.69. The van der Waals surface area contributed by atoms with E-state index in [1.165, 1.54) is 35.3 Å². The van der Waals surface area contributed by atoms with Crippen molar-refractivity contribution in [3.8, 4) is 22.1 Å². The van der Waals surface area contributed by atoms with Gasteiger partial charge in [-0.05, 0) is 45.6 Å². The number of phosphoric ester groups is 1. The highest BCUT2D eigenvalue weighted by atomic mass is 32.1. The second-order valence-corrected chi connectivity index (χ2v) is 11.3. The average Bonchev–Trinajstić information content (AvgIpc) is 3.68. The highest BCUT2D eigenvalue weighted by Gasteiger charge is 2.26. The zero-order valence-corrected chi connectivity index (χ0v) is 23.5. The first kappa shape index (κ1) is 28.2. The van der Waals surface area contributed by atoms with E-state index in [-0.39, 0.29) is 17.8 Å². The Hall–Kier alpha value is -3.33. The molecule has 0 bridgehead atoms. The molecular weight excluding hydrogens is 559 g/mol. The van der Waals surface area contributed by atoms with Gasteiger partial charge in [-0.25, -0.2) is 24.2 Å². The molecule has 212 valence electrons. The van der Waals surface area contributed by atoms with Crippen molar-refractivity contribution in [2.24, 2.45) is 0 Å². The summed E-state index contributed by atoms with van der Waals surface area (Å²) in [4.78, 5) is 44.4. The molecule has 1 aliphatic rings. The Bertz CT molecular complexity index is 1490. The zero-order valence-electron chi connectivity index (χ0n) is 21.8. The van der Waals surface area contributed by atoms with Crippen molar-refractivity contribution < 1.29 is 28.4 Å². The maximum absolute atomic E-state index is 13.2. The molecule has 4 heterocycles. The fourth-order valence-electron chi connectivity index (χ4n) is 4.56. The first-order chi connectivity index (χ1) is 19.2. The Morgan fingerprint density at radius 3 is 2.67 bits per heavy atom. The van der Waals surface area contributed by atoms with Crippen molar-refractivity contribution >= 4 is 30.8 Å². The number of ether oxygens (including phenoxy) is 1. The molecule has 3 N–H and O–H groups in total. The van der Waals surface area contributed by atoms with Crippen molar-refractivity contribution in [3.05, 3.63) is 48.1 Å². The molecule has 1 saturated carbocycles. The first-order valence-electron chi connectivity index (χ1n) is 12.7. The number of amides is 1. The summed E-state index contributed by atoms with van der Waals surface area (Å²) in [6.45, 7) is 4.16. The van der Waals surface area contributed by atoms with E-state index >= 15 is 0 Å². The molecule has 1 fully saturated rings. The number of anilines is 1. The molecule has 0 aromatic carbocycles. The lowest BCUT2D eigenvalue weighted by atomic mass is 9.93.